The van der Waals surface area contributed by atoms with E-state index in [1.165, 1.54) is 121 Å². The number of benzene rings is 1. The molecule has 1 aliphatic rings. The van der Waals surface area contributed by atoms with Crippen LogP contribution in [0.5, 0.6) is 5.75 Å². The lowest BCUT2D eigenvalue weighted by molar-refractivity contribution is 0.301. The molecule has 1 saturated carbocycles. The van der Waals surface area contributed by atoms with Gasteiger partial charge in [0.2, 0.25) is 0 Å². The fourth-order valence-corrected chi connectivity index (χ4v) is 5.85. The van der Waals surface area contributed by atoms with Crippen LogP contribution >= 0.6 is 0 Å². The molecule has 0 spiro atoms. The molecular formula is C34H52FNO. The summed E-state index contributed by atoms with van der Waals surface area (Å²) < 4.78 is 20.6. The fourth-order valence-electron chi connectivity index (χ4n) is 5.85. The monoisotopic (exact) mass is 509 g/mol. The lowest BCUT2D eigenvalue weighted by Gasteiger charge is -2.28. The summed E-state index contributed by atoms with van der Waals surface area (Å²) in [5.74, 6) is 1.87. The molecule has 0 atom stereocenters. The zero-order valence-corrected chi connectivity index (χ0v) is 23.8. The third-order valence-corrected chi connectivity index (χ3v) is 8.30. The van der Waals surface area contributed by atoms with Crippen LogP contribution < -0.4 is 4.74 Å². The molecule has 0 amide bonds. The quantitative estimate of drug-likeness (QED) is 0.186. The van der Waals surface area contributed by atoms with Crippen LogP contribution in [0.1, 0.15) is 141 Å². The highest BCUT2D eigenvalue weighted by molar-refractivity contribution is 5.61. The molecule has 1 aromatic carbocycles. The second-order valence-corrected chi connectivity index (χ2v) is 11.4. The van der Waals surface area contributed by atoms with Crippen LogP contribution in [0.25, 0.3) is 11.3 Å². The molecule has 0 aliphatic heterocycles. The second-order valence-electron chi connectivity index (χ2n) is 11.4. The Morgan fingerprint density at radius 1 is 0.757 bits per heavy atom. The van der Waals surface area contributed by atoms with Gasteiger partial charge in [0.1, 0.15) is 11.6 Å². The topological polar surface area (TPSA) is 22.1 Å². The number of rotatable bonds is 18. The number of unbranched alkanes of at least 4 members (excludes halogenated alkanes) is 11. The van der Waals surface area contributed by atoms with Crippen LogP contribution in [-0.4, -0.2) is 11.6 Å². The first-order valence-electron chi connectivity index (χ1n) is 15.6. The predicted octanol–water partition coefficient (Wildman–Crippen LogP) is 11.0. The van der Waals surface area contributed by atoms with Gasteiger partial charge in [-0.1, -0.05) is 103 Å². The highest BCUT2D eigenvalue weighted by Crippen LogP contribution is 2.38. The van der Waals surface area contributed by atoms with Gasteiger partial charge in [-0.25, -0.2) is 4.39 Å². The SMILES string of the molecule is CCCCCCCCCOc1ccc(-c2ccc([C@H]3CC[C@H](CCCCCCCC)CC3)cn2)c(F)c1. The average Bonchev–Trinajstić information content (AvgIpc) is 2.93. The predicted molar refractivity (Wildman–Crippen MR) is 156 cm³/mol. The summed E-state index contributed by atoms with van der Waals surface area (Å²) in [6.45, 7) is 5.18. The zero-order valence-electron chi connectivity index (χ0n) is 23.8. The maximum Gasteiger partial charge on any atom is 0.136 e. The number of nitrogens with zero attached hydrogens (tertiary/aromatic N) is 1. The highest BCUT2D eigenvalue weighted by atomic mass is 19.1. The molecule has 3 rings (SSSR count). The minimum absolute atomic E-state index is 0.257. The molecule has 206 valence electrons. The maximum absolute atomic E-state index is 14.9. The summed E-state index contributed by atoms with van der Waals surface area (Å²) in [5, 5.41) is 0. The maximum atomic E-state index is 14.9. The van der Waals surface area contributed by atoms with E-state index in [0.717, 1.165) is 12.3 Å². The first-order chi connectivity index (χ1) is 18.2. The third kappa shape index (κ3) is 10.8. The second kappa shape index (κ2) is 17.6. The summed E-state index contributed by atoms with van der Waals surface area (Å²) in [7, 11) is 0. The zero-order chi connectivity index (χ0) is 26.1. The van der Waals surface area contributed by atoms with E-state index in [4.69, 9.17) is 4.74 Å². The Kier molecular flexibility index (Phi) is 14.1. The molecule has 2 aromatic rings. The van der Waals surface area contributed by atoms with Gasteiger partial charge in [0.25, 0.3) is 0 Å². The van der Waals surface area contributed by atoms with Crippen LogP contribution in [0.4, 0.5) is 4.39 Å². The van der Waals surface area contributed by atoms with Gasteiger partial charge in [-0.3, -0.25) is 4.98 Å². The first kappa shape index (κ1) is 29.7. The minimum atomic E-state index is -0.257. The Bertz CT molecular complexity index is 857. The van der Waals surface area contributed by atoms with Gasteiger partial charge in [-0.05, 0) is 67.7 Å². The van der Waals surface area contributed by atoms with Gasteiger partial charge in [0.05, 0.1) is 12.3 Å². The van der Waals surface area contributed by atoms with Crippen molar-refractivity contribution in [2.45, 2.75) is 135 Å². The molecule has 3 heteroatoms. The van der Waals surface area contributed by atoms with E-state index < -0.39 is 0 Å². The number of hydrogen-bond acceptors (Lipinski definition) is 2. The third-order valence-electron chi connectivity index (χ3n) is 8.30. The van der Waals surface area contributed by atoms with Gasteiger partial charge in [-0.15, -0.1) is 0 Å². The molecule has 1 aromatic heterocycles. The van der Waals surface area contributed by atoms with E-state index >= 15 is 0 Å². The van der Waals surface area contributed by atoms with Crippen molar-refractivity contribution in [3.63, 3.8) is 0 Å². The van der Waals surface area contributed by atoms with Crippen molar-refractivity contribution < 1.29 is 9.13 Å². The summed E-state index contributed by atoms with van der Waals surface area (Å²) in [6, 6.07) is 9.36. The molecule has 2 nitrogen and oxygen atoms in total. The van der Waals surface area contributed by atoms with Gasteiger partial charge >= 0.3 is 0 Å². The summed E-state index contributed by atoms with van der Waals surface area (Å²) in [6.07, 6.45) is 25.7. The van der Waals surface area contributed by atoms with Crippen LogP contribution in [0.15, 0.2) is 36.5 Å². The van der Waals surface area contributed by atoms with Gasteiger partial charge < -0.3 is 4.74 Å². The average molecular weight is 510 g/mol. The van der Waals surface area contributed by atoms with Gasteiger partial charge in [0, 0.05) is 17.8 Å². The van der Waals surface area contributed by atoms with Crippen LogP contribution in [0.2, 0.25) is 0 Å². The van der Waals surface area contributed by atoms with Crippen molar-refractivity contribution in [2.75, 3.05) is 6.61 Å². The molecule has 0 radical (unpaired) electrons. The smallest absolute Gasteiger partial charge is 0.136 e. The fraction of sp³-hybridized carbons (Fsp3) is 0.676. The number of hydrogen-bond donors (Lipinski definition) is 0. The van der Waals surface area contributed by atoms with Crippen molar-refractivity contribution in [1.82, 2.24) is 4.98 Å². The van der Waals surface area contributed by atoms with Crippen molar-refractivity contribution >= 4 is 0 Å². The summed E-state index contributed by atoms with van der Waals surface area (Å²) in [4.78, 5) is 4.66. The van der Waals surface area contributed by atoms with E-state index in [9.17, 15) is 4.39 Å². The molecule has 0 bridgehead atoms. The van der Waals surface area contributed by atoms with Crippen molar-refractivity contribution in [1.29, 1.82) is 0 Å². The minimum Gasteiger partial charge on any atom is -0.493 e. The summed E-state index contributed by atoms with van der Waals surface area (Å²) >= 11 is 0. The van der Waals surface area contributed by atoms with E-state index in [1.807, 2.05) is 24.4 Å². The number of ether oxygens (including phenoxy) is 1. The Morgan fingerprint density at radius 3 is 2.03 bits per heavy atom. The van der Waals surface area contributed by atoms with Crippen molar-refractivity contribution in [3.05, 3.63) is 47.9 Å². The van der Waals surface area contributed by atoms with Crippen molar-refractivity contribution in [3.8, 4) is 17.0 Å². The van der Waals surface area contributed by atoms with Crippen LogP contribution in [0.3, 0.4) is 0 Å². The molecule has 37 heavy (non-hydrogen) atoms. The number of halogens is 1. The molecule has 0 N–H and O–H groups in total. The molecule has 0 saturated heterocycles. The van der Waals surface area contributed by atoms with Crippen LogP contribution in [-0.2, 0) is 0 Å². The first-order valence-corrected chi connectivity index (χ1v) is 15.6. The lowest BCUT2D eigenvalue weighted by atomic mass is 9.77. The molecule has 1 fully saturated rings. The van der Waals surface area contributed by atoms with Crippen LogP contribution in [0, 0.1) is 11.7 Å². The Hall–Kier alpha value is -1.90. The molecule has 0 unspecified atom stereocenters. The van der Waals surface area contributed by atoms with E-state index in [2.05, 4.69) is 24.9 Å². The van der Waals surface area contributed by atoms with E-state index in [1.54, 1.807) is 0 Å². The number of aromatic nitrogens is 1. The van der Waals surface area contributed by atoms with E-state index in [0.29, 0.717) is 29.5 Å². The Morgan fingerprint density at radius 2 is 1.41 bits per heavy atom. The van der Waals surface area contributed by atoms with Crippen molar-refractivity contribution in [2.24, 2.45) is 5.92 Å². The summed E-state index contributed by atoms with van der Waals surface area (Å²) in [5.41, 5.74) is 2.57. The van der Waals surface area contributed by atoms with Gasteiger partial charge in [-0.2, -0.15) is 0 Å². The standard InChI is InChI=1S/C34H52FNO/c1-3-5-7-9-11-13-15-25-37-31-22-23-32(33(35)26-31)34-24-21-30(27-36-34)29-19-17-28(18-20-29)16-14-12-10-8-6-4-2/h21-24,26-29H,3-20,25H2,1-2H3/t28-,29-. The molecular weight excluding hydrogens is 457 g/mol. The van der Waals surface area contributed by atoms with E-state index in [-0.39, 0.29) is 5.82 Å². The Labute approximate surface area is 226 Å². The lowest BCUT2D eigenvalue weighted by Crippen LogP contribution is -2.13. The molecule has 1 heterocycles. The van der Waals surface area contributed by atoms with Gasteiger partial charge in [0.15, 0.2) is 0 Å². The largest absolute Gasteiger partial charge is 0.493 e. The normalized spacial score (nSPS) is 17.7. The highest BCUT2D eigenvalue weighted by Gasteiger charge is 2.22. The Balaban J connectivity index is 1.38. The number of pyridine rings is 1. The molecule has 1 aliphatic carbocycles.